The molecular formula is C15H20O2. The fourth-order valence-electron chi connectivity index (χ4n) is 1.62. The summed E-state index contributed by atoms with van der Waals surface area (Å²) in [5.74, 6) is -0.296. The highest BCUT2D eigenvalue weighted by Gasteiger charge is 2.18. The van der Waals surface area contributed by atoms with E-state index in [0.29, 0.717) is 5.56 Å². The number of hydrogen-bond acceptors (Lipinski definition) is 2. The predicted molar refractivity (Wildman–Crippen MR) is 71.0 cm³/mol. The van der Waals surface area contributed by atoms with Crippen LogP contribution in [0, 0.1) is 12.3 Å². The van der Waals surface area contributed by atoms with E-state index in [2.05, 4.69) is 27.4 Å². The van der Waals surface area contributed by atoms with Crippen LogP contribution in [0.3, 0.4) is 0 Å². The van der Waals surface area contributed by atoms with Gasteiger partial charge in [0.25, 0.3) is 0 Å². The van der Waals surface area contributed by atoms with E-state index in [1.165, 1.54) is 7.11 Å². The van der Waals surface area contributed by atoms with Gasteiger partial charge in [0.05, 0.1) is 12.7 Å². The maximum absolute atomic E-state index is 11.5. The fraction of sp³-hybridized carbons (Fsp3) is 0.400. The molecule has 0 amide bonds. The average molecular weight is 232 g/mol. The first-order valence-electron chi connectivity index (χ1n) is 5.66. The van der Waals surface area contributed by atoms with Crippen LogP contribution >= 0.6 is 0 Å². The Balaban J connectivity index is 3.14. The number of rotatable bonds is 2. The van der Waals surface area contributed by atoms with Gasteiger partial charge in [-0.2, -0.15) is 0 Å². The lowest BCUT2D eigenvalue weighted by Crippen LogP contribution is -2.09. The zero-order chi connectivity index (χ0) is 13.2. The summed E-state index contributed by atoms with van der Waals surface area (Å²) in [6.45, 7) is 12.4. The van der Waals surface area contributed by atoms with Crippen molar-refractivity contribution in [2.45, 2.75) is 27.7 Å². The molecule has 0 radical (unpaired) electrons. The highest BCUT2D eigenvalue weighted by Crippen LogP contribution is 2.33. The van der Waals surface area contributed by atoms with Gasteiger partial charge in [-0.1, -0.05) is 39.5 Å². The fourth-order valence-corrected chi connectivity index (χ4v) is 1.62. The summed E-state index contributed by atoms with van der Waals surface area (Å²) in [5.41, 5.74) is 3.69. The van der Waals surface area contributed by atoms with E-state index < -0.39 is 0 Å². The van der Waals surface area contributed by atoms with Gasteiger partial charge in [0.15, 0.2) is 0 Å². The quantitative estimate of drug-likeness (QED) is 0.724. The van der Waals surface area contributed by atoms with Gasteiger partial charge < -0.3 is 4.74 Å². The second-order valence-corrected chi connectivity index (χ2v) is 5.25. The molecule has 0 heterocycles. The van der Waals surface area contributed by atoms with Gasteiger partial charge in [-0.15, -0.1) is 0 Å². The number of ether oxygens (including phenoxy) is 1. The lowest BCUT2D eigenvalue weighted by molar-refractivity contribution is 0.0600. The van der Waals surface area contributed by atoms with Crippen molar-refractivity contribution in [3.05, 3.63) is 41.5 Å². The van der Waals surface area contributed by atoms with Crippen LogP contribution < -0.4 is 0 Å². The molecule has 0 spiro atoms. The molecule has 0 aliphatic heterocycles. The smallest absolute Gasteiger partial charge is 0.338 e. The van der Waals surface area contributed by atoms with E-state index >= 15 is 0 Å². The van der Waals surface area contributed by atoms with Crippen molar-refractivity contribution in [2.24, 2.45) is 5.41 Å². The second-order valence-electron chi connectivity index (χ2n) is 5.25. The third kappa shape index (κ3) is 2.96. The summed E-state index contributed by atoms with van der Waals surface area (Å²) in [6.07, 6.45) is 0. The largest absolute Gasteiger partial charge is 0.465 e. The topological polar surface area (TPSA) is 26.3 Å². The monoisotopic (exact) mass is 232 g/mol. The minimum absolute atomic E-state index is 0.0270. The van der Waals surface area contributed by atoms with Gasteiger partial charge in [-0.3, -0.25) is 0 Å². The molecule has 0 aromatic heterocycles. The van der Waals surface area contributed by atoms with Crippen molar-refractivity contribution in [2.75, 3.05) is 7.11 Å². The van der Waals surface area contributed by atoms with E-state index in [1.54, 1.807) is 6.07 Å². The predicted octanol–water partition coefficient (Wildman–Crippen LogP) is 3.84. The van der Waals surface area contributed by atoms with Crippen molar-refractivity contribution in [1.29, 1.82) is 0 Å². The van der Waals surface area contributed by atoms with Gasteiger partial charge in [-0.05, 0) is 35.1 Å². The highest BCUT2D eigenvalue weighted by molar-refractivity contribution is 5.91. The summed E-state index contributed by atoms with van der Waals surface area (Å²) >= 11 is 0. The van der Waals surface area contributed by atoms with Crippen molar-refractivity contribution in [1.82, 2.24) is 0 Å². The number of allylic oxidation sites excluding steroid dienone is 1. The third-order valence-electron chi connectivity index (χ3n) is 2.89. The Labute approximate surface area is 103 Å². The number of carbonyl (C=O) groups excluding carboxylic acids is 1. The molecule has 17 heavy (non-hydrogen) atoms. The number of carbonyl (C=O) groups is 1. The number of hydrogen-bond donors (Lipinski definition) is 0. The number of methoxy groups -OCH3 is 1. The van der Waals surface area contributed by atoms with E-state index in [0.717, 1.165) is 16.7 Å². The first kappa shape index (κ1) is 13.5. The van der Waals surface area contributed by atoms with Crippen molar-refractivity contribution in [3.8, 4) is 0 Å². The lowest BCUT2D eigenvalue weighted by Gasteiger charge is -2.22. The summed E-state index contributed by atoms with van der Waals surface area (Å²) in [7, 11) is 1.39. The molecule has 0 bridgehead atoms. The highest BCUT2D eigenvalue weighted by atomic mass is 16.5. The Kier molecular flexibility index (Phi) is 3.76. The molecule has 1 rings (SSSR count). The first-order valence-corrected chi connectivity index (χ1v) is 5.66. The van der Waals surface area contributed by atoms with Gasteiger partial charge in [0, 0.05) is 0 Å². The van der Waals surface area contributed by atoms with Gasteiger partial charge >= 0.3 is 5.97 Å². The molecule has 2 heteroatoms. The lowest BCUT2D eigenvalue weighted by atomic mass is 9.82. The molecule has 0 N–H and O–H groups in total. The molecule has 0 aliphatic rings. The Hall–Kier alpha value is -1.57. The van der Waals surface area contributed by atoms with Crippen molar-refractivity contribution >= 4 is 11.5 Å². The van der Waals surface area contributed by atoms with E-state index in [-0.39, 0.29) is 11.4 Å². The molecule has 0 unspecified atom stereocenters. The Morgan fingerprint density at radius 3 is 2.29 bits per heavy atom. The van der Waals surface area contributed by atoms with E-state index in [9.17, 15) is 4.79 Å². The number of benzene rings is 1. The molecule has 1 aromatic carbocycles. The van der Waals surface area contributed by atoms with Crippen molar-refractivity contribution < 1.29 is 9.53 Å². The van der Waals surface area contributed by atoms with Crippen molar-refractivity contribution in [3.63, 3.8) is 0 Å². The Morgan fingerprint density at radius 1 is 1.29 bits per heavy atom. The van der Waals surface area contributed by atoms with Crippen LogP contribution in [-0.4, -0.2) is 13.1 Å². The Morgan fingerprint density at radius 2 is 1.88 bits per heavy atom. The first-order chi connectivity index (χ1) is 7.77. The zero-order valence-electron chi connectivity index (χ0n) is 11.3. The minimum atomic E-state index is -0.296. The minimum Gasteiger partial charge on any atom is -0.465 e. The molecule has 0 atom stereocenters. The molecule has 0 saturated heterocycles. The van der Waals surface area contributed by atoms with Gasteiger partial charge in [-0.25, -0.2) is 4.79 Å². The van der Waals surface area contributed by atoms with Crippen LogP contribution in [0.25, 0.3) is 5.57 Å². The molecule has 2 nitrogen and oxygen atoms in total. The molecule has 0 aliphatic carbocycles. The Bertz CT molecular complexity index is 450. The zero-order valence-corrected chi connectivity index (χ0v) is 11.3. The SMILES string of the molecule is C=C(c1ccc(C(=O)OC)c(C)c1)C(C)(C)C. The summed E-state index contributed by atoms with van der Waals surface area (Å²) in [6, 6.07) is 5.71. The van der Waals surface area contributed by atoms with Crippen LogP contribution in [0.5, 0.6) is 0 Å². The van der Waals surface area contributed by atoms with Crippen LogP contribution in [-0.2, 0) is 4.74 Å². The van der Waals surface area contributed by atoms with E-state index in [4.69, 9.17) is 4.74 Å². The number of aryl methyl sites for hydroxylation is 1. The summed E-state index contributed by atoms with van der Waals surface area (Å²) in [4.78, 5) is 11.5. The summed E-state index contributed by atoms with van der Waals surface area (Å²) in [5, 5.41) is 0. The maximum Gasteiger partial charge on any atom is 0.338 e. The van der Waals surface area contributed by atoms with Gasteiger partial charge in [0.2, 0.25) is 0 Å². The molecule has 0 saturated carbocycles. The van der Waals surface area contributed by atoms with E-state index in [1.807, 2.05) is 19.1 Å². The third-order valence-corrected chi connectivity index (χ3v) is 2.89. The molecular weight excluding hydrogens is 212 g/mol. The van der Waals surface area contributed by atoms with Crippen LogP contribution in [0.1, 0.15) is 42.3 Å². The van der Waals surface area contributed by atoms with Crippen LogP contribution in [0.15, 0.2) is 24.8 Å². The molecule has 92 valence electrons. The normalized spacial score (nSPS) is 11.1. The maximum atomic E-state index is 11.5. The van der Waals surface area contributed by atoms with Gasteiger partial charge in [0.1, 0.15) is 0 Å². The second kappa shape index (κ2) is 4.74. The molecule has 0 fully saturated rings. The molecule has 1 aromatic rings. The standard InChI is InChI=1S/C15H20O2/c1-10-9-12(11(2)15(3,4)5)7-8-13(10)14(16)17-6/h7-9H,2H2,1,3-6H3. The van der Waals surface area contributed by atoms with Crippen LogP contribution in [0.2, 0.25) is 0 Å². The summed E-state index contributed by atoms with van der Waals surface area (Å²) < 4.78 is 4.72. The average Bonchev–Trinajstić information content (AvgIpc) is 2.25. The van der Waals surface area contributed by atoms with Crippen LogP contribution in [0.4, 0.5) is 0 Å². The number of esters is 1.